The number of fused-ring (bicyclic) bond motifs is 1. The standard InChI is InChI=1S/C26H32N4O3/c1-17-20-15-24(32)30(16-19-10-5-6-12-22(19)33-2)26(20)28-25(27-17)21-11-7-13-29(21)23(31)14-18-8-3-4-9-18/h5-6,10,12,18,21H,3-4,7-9,11,13-16H2,1-2H3. The molecule has 2 aliphatic heterocycles. The van der Waals surface area contributed by atoms with Crippen molar-refractivity contribution in [3.63, 3.8) is 0 Å². The summed E-state index contributed by atoms with van der Waals surface area (Å²) in [6.45, 7) is 3.11. The van der Waals surface area contributed by atoms with Gasteiger partial charge in [0.05, 0.1) is 26.1 Å². The summed E-state index contributed by atoms with van der Waals surface area (Å²) in [6, 6.07) is 7.64. The highest BCUT2D eigenvalue weighted by Crippen LogP contribution is 2.37. The van der Waals surface area contributed by atoms with Crippen LogP contribution in [0, 0.1) is 12.8 Å². The molecule has 1 atom stereocenters. The molecule has 2 fully saturated rings. The quantitative estimate of drug-likeness (QED) is 0.664. The lowest BCUT2D eigenvalue weighted by atomic mass is 10.0. The summed E-state index contributed by atoms with van der Waals surface area (Å²) in [6.07, 6.45) is 7.59. The third-order valence-corrected chi connectivity index (χ3v) is 7.42. The maximum absolute atomic E-state index is 13.1. The predicted molar refractivity (Wildman–Crippen MR) is 125 cm³/mol. The van der Waals surface area contributed by atoms with E-state index in [0.29, 0.717) is 36.9 Å². The summed E-state index contributed by atoms with van der Waals surface area (Å²) >= 11 is 0. The van der Waals surface area contributed by atoms with E-state index in [1.807, 2.05) is 36.1 Å². The van der Waals surface area contributed by atoms with Crippen LogP contribution in [-0.2, 0) is 22.6 Å². The molecule has 7 nitrogen and oxygen atoms in total. The molecule has 2 aromatic rings. The molecule has 3 aliphatic rings. The van der Waals surface area contributed by atoms with Gasteiger partial charge in [-0.3, -0.25) is 14.5 Å². The van der Waals surface area contributed by atoms with Crippen molar-refractivity contribution in [2.45, 2.75) is 70.9 Å². The Morgan fingerprint density at radius 3 is 2.70 bits per heavy atom. The molecule has 1 unspecified atom stereocenters. The zero-order chi connectivity index (χ0) is 22.9. The van der Waals surface area contributed by atoms with E-state index in [0.717, 1.165) is 42.0 Å². The minimum absolute atomic E-state index is 0.0195. The van der Waals surface area contributed by atoms with Crippen molar-refractivity contribution >= 4 is 17.6 Å². The van der Waals surface area contributed by atoms with Crippen LogP contribution in [0.4, 0.5) is 5.82 Å². The minimum Gasteiger partial charge on any atom is -0.496 e. The van der Waals surface area contributed by atoms with Crippen LogP contribution >= 0.6 is 0 Å². The van der Waals surface area contributed by atoms with E-state index in [9.17, 15) is 9.59 Å². The van der Waals surface area contributed by atoms with Gasteiger partial charge >= 0.3 is 0 Å². The van der Waals surface area contributed by atoms with Crippen LogP contribution in [-0.4, -0.2) is 40.3 Å². The highest BCUT2D eigenvalue weighted by Gasteiger charge is 2.37. The zero-order valence-corrected chi connectivity index (χ0v) is 19.5. The highest BCUT2D eigenvalue weighted by atomic mass is 16.5. The molecule has 7 heteroatoms. The first-order valence-electron chi connectivity index (χ1n) is 12.1. The molecule has 1 saturated carbocycles. The second-order valence-electron chi connectivity index (χ2n) is 9.54. The number of aromatic nitrogens is 2. The number of anilines is 1. The molecule has 0 radical (unpaired) electrons. The topological polar surface area (TPSA) is 75.6 Å². The molecule has 174 valence electrons. The molecule has 0 bridgehead atoms. The molecule has 1 aromatic heterocycles. The van der Waals surface area contributed by atoms with Crippen LogP contribution in [0.2, 0.25) is 0 Å². The number of methoxy groups -OCH3 is 1. The van der Waals surface area contributed by atoms with E-state index in [1.165, 1.54) is 25.7 Å². The van der Waals surface area contributed by atoms with E-state index in [4.69, 9.17) is 14.7 Å². The smallest absolute Gasteiger partial charge is 0.233 e. The van der Waals surface area contributed by atoms with Gasteiger partial charge in [0.1, 0.15) is 11.6 Å². The summed E-state index contributed by atoms with van der Waals surface area (Å²) in [5, 5.41) is 0. The van der Waals surface area contributed by atoms with Crippen molar-refractivity contribution in [3.05, 3.63) is 46.9 Å². The molecule has 3 heterocycles. The van der Waals surface area contributed by atoms with Gasteiger partial charge in [0.25, 0.3) is 0 Å². The Bertz CT molecular complexity index is 1060. The van der Waals surface area contributed by atoms with E-state index in [-0.39, 0.29) is 17.9 Å². The Balaban J connectivity index is 1.42. The number of likely N-dealkylation sites (tertiary alicyclic amines) is 1. The van der Waals surface area contributed by atoms with Crippen LogP contribution in [0.25, 0.3) is 0 Å². The SMILES string of the molecule is COc1ccccc1CN1C(=O)Cc2c(C)nc(C3CCCN3C(=O)CC3CCCC3)nc21. The average molecular weight is 449 g/mol. The average Bonchev–Trinajstić information content (AvgIpc) is 3.56. The molecule has 5 rings (SSSR count). The number of aryl methyl sites for hydroxylation is 1. The van der Waals surface area contributed by atoms with Crippen molar-refractivity contribution < 1.29 is 14.3 Å². The van der Waals surface area contributed by atoms with Crippen LogP contribution in [0.15, 0.2) is 24.3 Å². The Morgan fingerprint density at radius 1 is 1.12 bits per heavy atom. The minimum atomic E-state index is -0.105. The number of carbonyl (C=O) groups excluding carboxylic acids is 2. The van der Waals surface area contributed by atoms with Gasteiger partial charge in [-0.25, -0.2) is 9.97 Å². The Morgan fingerprint density at radius 2 is 1.91 bits per heavy atom. The van der Waals surface area contributed by atoms with Gasteiger partial charge in [-0.15, -0.1) is 0 Å². The van der Waals surface area contributed by atoms with Crippen LogP contribution in [0.5, 0.6) is 5.75 Å². The van der Waals surface area contributed by atoms with Crippen molar-refractivity contribution in [3.8, 4) is 5.75 Å². The molecule has 1 aromatic carbocycles. The lowest BCUT2D eigenvalue weighted by molar-refractivity contribution is -0.133. The fraction of sp³-hybridized carbons (Fsp3) is 0.538. The first kappa shape index (κ1) is 21.9. The van der Waals surface area contributed by atoms with Gasteiger partial charge in [-0.1, -0.05) is 31.0 Å². The number of benzene rings is 1. The largest absolute Gasteiger partial charge is 0.496 e. The van der Waals surface area contributed by atoms with E-state index >= 15 is 0 Å². The fourth-order valence-corrected chi connectivity index (χ4v) is 5.63. The summed E-state index contributed by atoms with van der Waals surface area (Å²) in [7, 11) is 1.64. The van der Waals surface area contributed by atoms with Gasteiger partial charge in [0.15, 0.2) is 5.82 Å². The monoisotopic (exact) mass is 448 g/mol. The predicted octanol–water partition coefficient (Wildman–Crippen LogP) is 4.13. The Labute approximate surface area is 195 Å². The van der Waals surface area contributed by atoms with Crippen molar-refractivity contribution in [2.75, 3.05) is 18.6 Å². The summed E-state index contributed by atoms with van der Waals surface area (Å²) in [5.74, 6) is 2.88. The normalized spacial score (nSPS) is 20.5. The van der Waals surface area contributed by atoms with Crippen molar-refractivity contribution in [2.24, 2.45) is 5.92 Å². The second-order valence-corrected chi connectivity index (χ2v) is 9.54. The Hall–Kier alpha value is -2.96. The number of hydrogen-bond donors (Lipinski definition) is 0. The van der Waals surface area contributed by atoms with E-state index < -0.39 is 0 Å². The number of hydrogen-bond acceptors (Lipinski definition) is 5. The van der Waals surface area contributed by atoms with Crippen molar-refractivity contribution in [1.29, 1.82) is 0 Å². The summed E-state index contributed by atoms with van der Waals surface area (Å²) in [4.78, 5) is 39.5. The lowest BCUT2D eigenvalue weighted by Gasteiger charge is -2.26. The molecule has 1 saturated heterocycles. The third kappa shape index (κ3) is 4.21. The van der Waals surface area contributed by atoms with E-state index in [2.05, 4.69) is 0 Å². The molecule has 2 amide bonds. The maximum atomic E-state index is 13.1. The van der Waals surface area contributed by atoms with Crippen LogP contribution in [0.1, 0.15) is 73.6 Å². The number of nitrogens with zero attached hydrogens (tertiary/aromatic N) is 4. The van der Waals surface area contributed by atoms with Gasteiger partial charge in [0.2, 0.25) is 11.8 Å². The van der Waals surface area contributed by atoms with Crippen LogP contribution < -0.4 is 9.64 Å². The highest BCUT2D eigenvalue weighted by molar-refractivity contribution is 6.00. The molecule has 33 heavy (non-hydrogen) atoms. The van der Waals surface area contributed by atoms with Gasteiger partial charge < -0.3 is 9.64 Å². The first-order valence-corrected chi connectivity index (χ1v) is 12.1. The lowest BCUT2D eigenvalue weighted by Crippen LogP contribution is -2.33. The van der Waals surface area contributed by atoms with E-state index in [1.54, 1.807) is 12.0 Å². The first-order chi connectivity index (χ1) is 16.0. The molecular weight excluding hydrogens is 416 g/mol. The van der Waals surface area contributed by atoms with Gasteiger partial charge in [0, 0.05) is 29.8 Å². The molecule has 1 aliphatic carbocycles. The summed E-state index contributed by atoms with van der Waals surface area (Å²) < 4.78 is 5.49. The number of ether oxygens (including phenoxy) is 1. The van der Waals surface area contributed by atoms with Crippen LogP contribution in [0.3, 0.4) is 0 Å². The van der Waals surface area contributed by atoms with Gasteiger partial charge in [-0.2, -0.15) is 0 Å². The number of para-hydroxylation sites is 1. The molecular formula is C26H32N4O3. The zero-order valence-electron chi connectivity index (χ0n) is 19.5. The van der Waals surface area contributed by atoms with Gasteiger partial charge in [-0.05, 0) is 44.6 Å². The maximum Gasteiger partial charge on any atom is 0.233 e. The van der Waals surface area contributed by atoms with Crippen molar-refractivity contribution in [1.82, 2.24) is 14.9 Å². The number of carbonyl (C=O) groups is 2. The number of rotatable bonds is 6. The number of amides is 2. The Kier molecular flexibility index (Phi) is 6.04. The third-order valence-electron chi connectivity index (χ3n) is 7.42. The molecule has 0 N–H and O–H groups in total. The fourth-order valence-electron chi connectivity index (χ4n) is 5.63. The second kappa shape index (κ2) is 9.12. The molecule has 0 spiro atoms. The summed E-state index contributed by atoms with van der Waals surface area (Å²) in [5.41, 5.74) is 2.66.